The average molecular weight is 323 g/mol. The van der Waals surface area contributed by atoms with E-state index in [-0.39, 0.29) is 5.60 Å². The first kappa shape index (κ1) is 18.5. The van der Waals surface area contributed by atoms with Gasteiger partial charge in [-0.1, -0.05) is 20.3 Å². The van der Waals surface area contributed by atoms with Crippen LogP contribution in [0.25, 0.3) is 0 Å². The highest BCUT2D eigenvalue weighted by Crippen LogP contribution is 2.36. The molecule has 1 saturated heterocycles. The lowest BCUT2D eigenvalue weighted by Crippen LogP contribution is -2.82. The van der Waals surface area contributed by atoms with Gasteiger partial charge in [-0.05, 0) is 69.4 Å². The van der Waals surface area contributed by atoms with Crippen LogP contribution in [-0.4, -0.2) is 18.8 Å². The van der Waals surface area contributed by atoms with Crippen molar-refractivity contribution in [1.29, 1.82) is 0 Å². The summed E-state index contributed by atoms with van der Waals surface area (Å²) in [4.78, 5) is 0. The highest BCUT2D eigenvalue weighted by atomic mass is 16.5. The molecule has 1 aromatic rings. The van der Waals surface area contributed by atoms with E-state index >= 15 is 0 Å². The zero-order chi connectivity index (χ0) is 16.7. The van der Waals surface area contributed by atoms with E-state index in [0.717, 1.165) is 36.7 Å². The van der Waals surface area contributed by atoms with Crippen molar-refractivity contribution in [3.8, 4) is 0 Å². The lowest BCUT2D eigenvalue weighted by Gasteiger charge is -2.39. The molecule has 2 rings (SSSR count). The fraction of sp³-hybridized carbons (Fsp3) is 0.800. The van der Waals surface area contributed by atoms with Crippen LogP contribution in [0.1, 0.15) is 65.6 Å². The molecule has 0 aliphatic carbocycles. The molecular formula is C20H36NO2+. The monoisotopic (exact) mass is 322 g/mol. The third-order valence-electron chi connectivity index (χ3n) is 5.18. The topological polar surface area (TPSA) is 39.0 Å². The third-order valence-corrected chi connectivity index (χ3v) is 5.18. The number of furan rings is 1. The van der Waals surface area contributed by atoms with Gasteiger partial charge in [0, 0.05) is 6.61 Å². The van der Waals surface area contributed by atoms with Crippen molar-refractivity contribution in [3.05, 3.63) is 24.2 Å². The molecular weight excluding hydrogens is 286 g/mol. The van der Waals surface area contributed by atoms with Gasteiger partial charge < -0.3 is 14.5 Å². The zero-order valence-corrected chi connectivity index (χ0v) is 15.5. The minimum Gasteiger partial charge on any atom is -0.463 e. The molecule has 1 fully saturated rings. The molecule has 0 aromatic carbocycles. The number of ether oxygens (including phenoxy) is 1. The Morgan fingerprint density at radius 3 is 2.74 bits per heavy atom. The molecule has 0 spiro atoms. The lowest BCUT2D eigenvalue weighted by molar-refractivity contribution is -0.673. The number of nitrogens with two attached hydrogens (primary N) is 1. The summed E-state index contributed by atoms with van der Waals surface area (Å²) in [5.41, 5.74) is 0.0663. The van der Waals surface area contributed by atoms with Crippen molar-refractivity contribution in [1.82, 2.24) is 0 Å². The fourth-order valence-electron chi connectivity index (χ4n) is 3.85. The summed E-state index contributed by atoms with van der Waals surface area (Å²) in [5.74, 6) is 3.55. The van der Waals surface area contributed by atoms with E-state index in [1.807, 2.05) is 6.07 Å². The Balaban J connectivity index is 1.80. The Hall–Kier alpha value is -0.800. The van der Waals surface area contributed by atoms with Crippen LogP contribution in [0.5, 0.6) is 0 Å². The summed E-state index contributed by atoms with van der Waals surface area (Å²) >= 11 is 0. The fourth-order valence-corrected chi connectivity index (χ4v) is 3.85. The predicted molar refractivity (Wildman–Crippen MR) is 94.1 cm³/mol. The second-order valence-electron chi connectivity index (χ2n) is 8.24. The van der Waals surface area contributed by atoms with E-state index in [2.05, 4.69) is 39.1 Å². The normalized spacial score (nSPS) is 22.4. The maximum atomic E-state index is 5.93. The standard InChI is InChI=1S/C20H35NO2/c1-16(2)7-8-17(18-10-13-23-20(3,4)14-18)9-11-21-15-19-6-5-12-22-19/h5-6,12,16-18,21H,7-11,13-15H2,1-4H3/p+1/t17-,18+/m1/s1. The number of hydrogen-bond acceptors (Lipinski definition) is 2. The van der Waals surface area contributed by atoms with Gasteiger partial charge in [-0.2, -0.15) is 0 Å². The second-order valence-corrected chi connectivity index (χ2v) is 8.24. The predicted octanol–water partition coefficient (Wildman–Crippen LogP) is 3.99. The van der Waals surface area contributed by atoms with Crippen LogP contribution in [0.15, 0.2) is 22.8 Å². The maximum Gasteiger partial charge on any atom is 0.157 e. The van der Waals surface area contributed by atoms with Crippen molar-refractivity contribution < 1.29 is 14.5 Å². The smallest absolute Gasteiger partial charge is 0.157 e. The van der Waals surface area contributed by atoms with Gasteiger partial charge in [0.05, 0.1) is 18.4 Å². The number of quaternary nitrogens is 1. The van der Waals surface area contributed by atoms with Gasteiger partial charge in [0.2, 0.25) is 0 Å². The second kappa shape index (κ2) is 8.89. The van der Waals surface area contributed by atoms with Crippen molar-refractivity contribution in [2.75, 3.05) is 13.2 Å². The summed E-state index contributed by atoms with van der Waals surface area (Å²) in [6.45, 7) is 12.3. The van der Waals surface area contributed by atoms with Gasteiger partial charge in [0.1, 0.15) is 6.54 Å². The van der Waals surface area contributed by atoms with Gasteiger partial charge in [-0.15, -0.1) is 0 Å². The summed E-state index contributed by atoms with van der Waals surface area (Å²) < 4.78 is 11.3. The zero-order valence-electron chi connectivity index (χ0n) is 15.5. The SMILES string of the molecule is CC(C)CC[C@H](CC[NH2+]Cc1ccco1)[C@H]1CCOC(C)(C)C1. The molecule has 1 aliphatic heterocycles. The Kier molecular flexibility index (Phi) is 7.16. The molecule has 2 heterocycles. The third kappa shape index (κ3) is 6.68. The highest BCUT2D eigenvalue weighted by Gasteiger charge is 2.33. The van der Waals surface area contributed by atoms with Crippen LogP contribution in [0.2, 0.25) is 0 Å². The largest absolute Gasteiger partial charge is 0.463 e. The first-order valence-corrected chi connectivity index (χ1v) is 9.44. The van der Waals surface area contributed by atoms with Gasteiger partial charge in [0.15, 0.2) is 5.76 Å². The molecule has 0 bridgehead atoms. The van der Waals surface area contributed by atoms with Crippen LogP contribution < -0.4 is 5.32 Å². The molecule has 132 valence electrons. The van der Waals surface area contributed by atoms with Crippen LogP contribution in [0.4, 0.5) is 0 Å². The minimum atomic E-state index is 0.0663. The van der Waals surface area contributed by atoms with E-state index in [9.17, 15) is 0 Å². The summed E-state index contributed by atoms with van der Waals surface area (Å²) in [7, 11) is 0. The first-order valence-electron chi connectivity index (χ1n) is 9.44. The number of rotatable bonds is 9. The van der Waals surface area contributed by atoms with E-state index in [1.54, 1.807) is 6.26 Å². The summed E-state index contributed by atoms with van der Waals surface area (Å²) in [6, 6.07) is 4.03. The first-order chi connectivity index (χ1) is 11.0. The van der Waals surface area contributed by atoms with Crippen molar-refractivity contribution in [3.63, 3.8) is 0 Å². The number of hydrogen-bond donors (Lipinski definition) is 1. The highest BCUT2D eigenvalue weighted by molar-refractivity contribution is 4.95. The average Bonchev–Trinajstić information content (AvgIpc) is 2.98. The quantitative estimate of drug-likeness (QED) is 0.698. The van der Waals surface area contributed by atoms with Crippen molar-refractivity contribution in [2.45, 2.75) is 71.9 Å². The Bertz CT molecular complexity index is 425. The van der Waals surface area contributed by atoms with E-state index in [0.29, 0.717) is 0 Å². The Morgan fingerprint density at radius 2 is 2.09 bits per heavy atom. The molecule has 2 N–H and O–H groups in total. The summed E-state index contributed by atoms with van der Waals surface area (Å²) in [6.07, 6.45) is 8.25. The summed E-state index contributed by atoms with van der Waals surface area (Å²) in [5, 5.41) is 2.39. The molecule has 23 heavy (non-hydrogen) atoms. The van der Waals surface area contributed by atoms with Crippen LogP contribution >= 0.6 is 0 Å². The molecule has 0 radical (unpaired) electrons. The van der Waals surface area contributed by atoms with Crippen molar-refractivity contribution in [2.24, 2.45) is 17.8 Å². The minimum absolute atomic E-state index is 0.0663. The maximum absolute atomic E-state index is 5.93. The van der Waals surface area contributed by atoms with Gasteiger partial charge in [-0.25, -0.2) is 0 Å². The molecule has 1 aliphatic rings. The van der Waals surface area contributed by atoms with Crippen molar-refractivity contribution >= 4 is 0 Å². The molecule has 0 saturated carbocycles. The van der Waals surface area contributed by atoms with E-state index < -0.39 is 0 Å². The Labute approximate surface area is 142 Å². The van der Waals surface area contributed by atoms with Gasteiger partial charge >= 0.3 is 0 Å². The lowest BCUT2D eigenvalue weighted by atomic mass is 9.75. The molecule has 1 aromatic heterocycles. The molecule has 3 heteroatoms. The van der Waals surface area contributed by atoms with Crippen LogP contribution in [0.3, 0.4) is 0 Å². The van der Waals surface area contributed by atoms with E-state index in [4.69, 9.17) is 9.15 Å². The van der Waals surface area contributed by atoms with Gasteiger partial charge in [-0.3, -0.25) is 0 Å². The van der Waals surface area contributed by atoms with Crippen LogP contribution in [-0.2, 0) is 11.3 Å². The van der Waals surface area contributed by atoms with Gasteiger partial charge in [0.25, 0.3) is 0 Å². The molecule has 0 amide bonds. The van der Waals surface area contributed by atoms with E-state index in [1.165, 1.54) is 38.6 Å². The Morgan fingerprint density at radius 1 is 1.26 bits per heavy atom. The molecule has 0 unspecified atom stereocenters. The molecule has 3 nitrogen and oxygen atoms in total. The molecule has 2 atom stereocenters. The van der Waals surface area contributed by atoms with Crippen LogP contribution in [0, 0.1) is 17.8 Å².